The second-order valence-corrected chi connectivity index (χ2v) is 8.60. The third kappa shape index (κ3) is 4.43. The first-order valence-corrected chi connectivity index (χ1v) is 10.0. The molecule has 2 rings (SSSR count). The minimum absolute atomic E-state index is 0.536. The van der Waals surface area contributed by atoms with E-state index in [4.69, 9.17) is 0 Å². The average Bonchev–Trinajstić information content (AvgIpc) is 2.33. The van der Waals surface area contributed by atoms with Gasteiger partial charge in [0.05, 0.1) is 6.26 Å². The van der Waals surface area contributed by atoms with Gasteiger partial charge in [0.2, 0.25) is 10.0 Å². The van der Waals surface area contributed by atoms with Crippen LogP contribution in [0.1, 0.15) is 51.9 Å². The standard InChI is InChI=1S/C15H30N2O2S/c1-3-9-16-15(14-7-4-8-14)11-13-6-5-10-17(12-13)20(2,18)19/h13-16H,3-12H2,1-2H3. The van der Waals surface area contributed by atoms with Crippen LogP contribution in [0.15, 0.2) is 0 Å². The lowest BCUT2D eigenvalue weighted by molar-refractivity contribution is 0.171. The third-order valence-electron chi connectivity index (χ3n) is 4.91. The van der Waals surface area contributed by atoms with Gasteiger partial charge in [0, 0.05) is 19.1 Å². The topological polar surface area (TPSA) is 49.4 Å². The maximum Gasteiger partial charge on any atom is 0.211 e. The predicted molar refractivity (Wildman–Crippen MR) is 83.2 cm³/mol. The number of nitrogens with one attached hydrogen (secondary N) is 1. The molecule has 0 amide bonds. The van der Waals surface area contributed by atoms with Gasteiger partial charge >= 0.3 is 0 Å². The van der Waals surface area contributed by atoms with E-state index in [0.717, 1.165) is 31.8 Å². The summed E-state index contributed by atoms with van der Waals surface area (Å²) in [5, 5.41) is 3.70. The van der Waals surface area contributed by atoms with Crippen LogP contribution in [0.25, 0.3) is 0 Å². The van der Waals surface area contributed by atoms with Crippen LogP contribution in [0.5, 0.6) is 0 Å². The summed E-state index contributed by atoms with van der Waals surface area (Å²) in [6.45, 7) is 4.74. The van der Waals surface area contributed by atoms with Crippen molar-refractivity contribution in [2.75, 3.05) is 25.9 Å². The van der Waals surface area contributed by atoms with Crippen molar-refractivity contribution in [3.63, 3.8) is 0 Å². The molecule has 1 saturated carbocycles. The molecule has 1 N–H and O–H groups in total. The van der Waals surface area contributed by atoms with Crippen molar-refractivity contribution in [3.8, 4) is 0 Å². The van der Waals surface area contributed by atoms with Gasteiger partial charge in [-0.25, -0.2) is 12.7 Å². The molecular formula is C15H30N2O2S. The molecule has 2 unspecified atom stereocenters. The van der Waals surface area contributed by atoms with E-state index in [1.807, 2.05) is 0 Å². The highest BCUT2D eigenvalue weighted by Gasteiger charge is 2.32. The van der Waals surface area contributed by atoms with Crippen LogP contribution in [0.2, 0.25) is 0 Å². The van der Waals surface area contributed by atoms with Crippen molar-refractivity contribution in [1.29, 1.82) is 0 Å². The second-order valence-electron chi connectivity index (χ2n) is 6.62. The molecule has 20 heavy (non-hydrogen) atoms. The van der Waals surface area contributed by atoms with Crippen molar-refractivity contribution < 1.29 is 8.42 Å². The van der Waals surface area contributed by atoms with E-state index in [9.17, 15) is 8.42 Å². The monoisotopic (exact) mass is 302 g/mol. The Bertz CT molecular complexity index is 393. The van der Waals surface area contributed by atoms with Crippen molar-refractivity contribution in [2.24, 2.45) is 11.8 Å². The number of piperidine rings is 1. The molecule has 0 spiro atoms. The first-order chi connectivity index (χ1) is 9.50. The molecule has 1 saturated heterocycles. The first kappa shape index (κ1) is 16.2. The Hall–Kier alpha value is -0.130. The molecule has 2 fully saturated rings. The largest absolute Gasteiger partial charge is 0.314 e. The van der Waals surface area contributed by atoms with Crippen LogP contribution in [0.4, 0.5) is 0 Å². The second kappa shape index (κ2) is 7.23. The van der Waals surface area contributed by atoms with E-state index >= 15 is 0 Å². The zero-order valence-corrected chi connectivity index (χ0v) is 13.8. The Morgan fingerprint density at radius 2 is 2.00 bits per heavy atom. The zero-order chi connectivity index (χ0) is 14.6. The van der Waals surface area contributed by atoms with Gasteiger partial charge in [0.1, 0.15) is 0 Å². The highest BCUT2D eigenvalue weighted by molar-refractivity contribution is 7.88. The van der Waals surface area contributed by atoms with Crippen molar-refractivity contribution in [1.82, 2.24) is 9.62 Å². The van der Waals surface area contributed by atoms with E-state index in [-0.39, 0.29) is 0 Å². The quantitative estimate of drug-likeness (QED) is 0.784. The van der Waals surface area contributed by atoms with Crippen molar-refractivity contribution >= 4 is 10.0 Å². The van der Waals surface area contributed by atoms with Crippen LogP contribution in [0, 0.1) is 11.8 Å². The minimum Gasteiger partial charge on any atom is -0.314 e. The van der Waals surface area contributed by atoms with Gasteiger partial charge in [-0.1, -0.05) is 13.3 Å². The van der Waals surface area contributed by atoms with Gasteiger partial charge in [-0.3, -0.25) is 0 Å². The molecule has 2 atom stereocenters. The van der Waals surface area contributed by atoms with Crippen LogP contribution in [-0.4, -0.2) is 44.7 Å². The van der Waals surface area contributed by atoms with Gasteiger partial charge in [-0.2, -0.15) is 0 Å². The van der Waals surface area contributed by atoms with E-state index in [0.29, 0.717) is 18.5 Å². The fourth-order valence-corrected chi connectivity index (χ4v) is 4.44. The molecule has 1 aliphatic heterocycles. The molecular weight excluding hydrogens is 272 g/mol. The van der Waals surface area contributed by atoms with Crippen LogP contribution in [-0.2, 0) is 10.0 Å². The molecule has 0 bridgehead atoms. The Morgan fingerprint density at radius 3 is 2.55 bits per heavy atom. The number of nitrogens with zero attached hydrogens (tertiary/aromatic N) is 1. The Balaban J connectivity index is 1.88. The van der Waals surface area contributed by atoms with E-state index in [2.05, 4.69) is 12.2 Å². The molecule has 118 valence electrons. The summed E-state index contributed by atoms with van der Waals surface area (Å²) in [4.78, 5) is 0. The summed E-state index contributed by atoms with van der Waals surface area (Å²) in [6.07, 6.45) is 9.93. The number of rotatable bonds is 7. The molecule has 1 aliphatic carbocycles. The van der Waals surface area contributed by atoms with Gasteiger partial charge < -0.3 is 5.32 Å². The van der Waals surface area contributed by atoms with Crippen LogP contribution < -0.4 is 5.32 Å². The van der Waals surface area contributed by atoms with Crippen molar-refractivity contribution in [2.45, 2.75) is 57.9 Å². The Morgan fingerprint density at radius 1 is 1.25 bits per heavy atom. The number of sulfonamides is 1. The SMILES string of the molecule is CCCNC(CC1CCCN(S(C)(=O)=O)C1)C1CCC1. The van der Waals surface area contributed by atoms with Crippen LogP contribution in [0.3, 0.4) is 0 Å². The number of hydrogen-bond donors (Lipinski definition) is 1. The summed E-state index contributed by atoms with van der Waals surface area (Å²) in [5.41, 5.74) is 0. The molecule has 5 heteroatoms. The molecule has 0 aromatic rings. The molecule has 4 nitrogen and oxygen atoms in total. The van der Waals surface area contributed by atoms with Crippen molar-refractivity contribution in [3.05, 3.63) is 0 Å². The lowest BCUT2D eigenvalue weighted by atomic mass is 9.75. The summed E-state index contributed by atoms with van der Waals surface area (Å²) in [5.74, 6) is 1.36. The normalized spacial score (nSPS) is 27.2. The lowest BCUT2D eigenvalue weighted by Crippen LogP contribution is -2.45. The van der Waals surface area contributed by atoms with Gasteiger partial charge in [-0.05, 0) is 56.9 Å². The molecule has 1 heterocycles. The van der Waals surface area contributed by atoms with E-state index < -0.39 is 10.0 Å². The first-order valence-electron chi connectivity index (χ1n) is 8.19. The highest BCUT2D eigenvalue weighted by Crippen LogP contribution is 2.34. The highest BCUT2D eigenvalue weighted by atomic mass is 32.2. The van der Waals surface area contributed by atoms with Gasteiger partial charge in [0.15, 0.2) is 0 Å². The summed E-state index contributed by atoms with van der Waals surface area (Å²) >= 11 is 0. The summed E-state index contributed by atoms with van der Waals surface area (Å²) in [7, 11) is -3.01. The molecule has 0 aromatic carbocycles. The van der Waals surface area contributed by atoms with E-state index in [1.54, 1.807) is 4.31 Å². The maximum atomic E-state index is 11.7. The zero-order valence-electron chi connectivity index (χ0n) is 13.0. The lowest BCUT2D eigenvalue weighted by Gasteiger charge is -2.39. The fraction of sp³-hybridized carbons (Fsp3) is 1.00. The Labute approximate surface area is 124 Å². The minimum atomic E-state index is -3.01. The average molecular weight is 302 g/mol. The smallest absolute Gasteiger partial charge is 0.211 e. The van der Waals surface area contributed by atoms with E-state index in [1.165, 1.54) is 38.4 Å². The maximum absolute atomic E-state index is 11.7. The molecule has 0 aromatic heterocycles. The molecule has 2 aliphatic rings. The van der Waals surface area contributed by atoms with Crippen LogP contribution >= 0.6 is 0 Å². The predicted octanol–water partition coefficient (Wildman–Crippen LogP) is 2.22. The number of hydrogen-bond acceptors (Lipinski definition) is 3. The van der Waals surface area contributed by atoms with Gasteiger partial charge in [0.25, 0.3) is 0 Å². The third-order valence-corrected chi connectivity index (χ3v) is 6.18. The summed E-state index contributed by atoms with van der Waals surface area (Å²) < 4.78 is 25.1. The van der Waals surface area contributed by atoms with Gasteiger partial charge in [-0.15, -0.1) is 0 Å². The fourth-order valence-electron chi connectivity index (χ4n) is 3.49. The molecule has 0 radical (unpaired) electrons. The summed E-state index contributed by atoms with van der Waals surface area (Å²) in [6, 6.07) is 0.605. The Kier molecular flexibility index (Phi) is 5.87.